The monoisotopic (exact) mass is 251 g/mol. The number of anilines is 1. The largest absolute Gasteiger partial charge is 0.397 e. The number of rotatable bonds is 1. The molecule has 0 bridgehead atoms. The maximum atomic E-state index is 5.93. The van der Waals surface area contributed by atoms with Crippen molar-refractivity contribution < 1.29 is 0 Å². The van der Waals surface area contributed by atoms with Crippen LogP contribution in [0, 0.1) is 20.8 Å². The summed E-state index contributed by atoms with van der Waals surface area (Å²) in [6.07, 6.45) is 2.05. The zero-order valence-corrected chi connectivity index (χ0v) is 11.4. The van der Waals surface area contributed by atoms with E-state index < -0.39 is 0 Å². The molecule has 3 rings (SSSR count). The van der Waals surface area contributed by atoms with E-state index in [9.17, 15) is 0 Å². The van der Waals surface area contributed by atoms with Crippen LogP contribution in [-0.2, 0) is 0 Å². The molecule has 0 saturated heterocycles. The molecular weight excluding hydrogens is 234 g/mol. The second kappa shape index (κ2) is 4.12. The molecule has 3 heteroatoms. The number of hydrogen-bond acceptors (Lipinski definition) is 2. The van der Waals surface area contributed by atoms with Gasteiger partial charge in [0.1, 0.15) is 5.65 Å². The molecule has 3 aromatic rings. The highest BCUT2D eigenvalue weighted by atomic mass is 15.0. The van der Waals surface area contributed by atoms with Crippen molar-refractivity contribution in [3.05, 3.63) is 53.3 Å². The minimum Gasteiger partial charge on any atom is -0.397 e. The van der Waals surface area contributed by atoms with Crippen LogP contribution in [0.1, 0.15) is 16.8 Å². The van der Waals surface area contributed by atoms with Gasteiger partial charge < -0.3 is 10.1 Å². The fraction of sp³-hybridized carbons (Fsp3) is 0.188. The molecule has 0 saturated carbocycles. The summed E-state index contributed by atoms with van der Waals surface area (Å²) in [4.78, 5) is 4.66. The normalized spacial score (nSPS) is 11.1. The van der Waals surface area contributed by atoms with Crippen molar-refractivity contribution in [1.82, 2.24) is 9.38 Å². The zero-order chi connectivity index (χ0) is 13.6. The van der Waals surface area contributed by atoms with Gasteiger partial charge in [-0.1, -0.05) is 12.1 Å². The Labute approximate surface area is 112 Å². The fourth-order valence-electron chi connectivity index (χ4n) is 2.24. The Balaban J connectivity index is 2.20. The predicted octanol–water partition coefficient (Wildman–Crippen LogP) is 3.51. The summed E-state index contributed by atoms with van der Waals surface area (Å²) in [6.45, 7) is 6.25. The average Bonchev–Trinajstić information content (AvgIpc) is 2.82. The molecule has 0 unspecified atom stereocenters. The van der Waals surface area contributed by atoms with E-state index in [1.807, 2.05) is 29.7 Å². The summed E-state index contributed by atoms with van der Waals surface area (Å²) in [6, 6.07) is 10.3. The van der Waals surface area contributed by atoms with E-state index in [-0.39, 0.29) is 0 Å². The van der Waals surface area contributed by atoms with Gasteiger partial charge in [-0.3, -0.25) is 0 Å². The SMILES string of the molecule is Cc1ccc(-c2cn3c(C)c(N)ccc3n2)cc1C. The zero-order valence-electron chi connectivity index (χ0n) is 11.4. The Hall–Kier alpha value is -2.29. The number of aryl methyl sites for hydroxylation is 3. The van der Waals surface area contributed by atoms with Crippen molar-refractivity contribution in [1.29, 1.82) is 0 Å². The lowest BCUT2D eigenvalue weighted by atomic mass is 10.1. The first-order chi connectivity index (χ1) is 9.06. The fourth-order valence-corrected chi connectivity index (χ4v) is 2.24. The summed E-state index contributed by atoms with van der Waals surface area (Å²) >= 11 is 0. The molecule has 0 radical (unpaired) electrons. The smallest absolute Gasteiger partial charge is 0.137 e. The molecule has 0 aliphatic rings. The Morgan fingerprint density at radius 3 is 2.53 bits per heavy atom. The van der Waals surface area contributed by atoms with E-state index in [1.54, 1.807) is 0 Å². The average molecular weight is 251 g/mol. The van der Waals surface area contributed by atoms with Crippen LogP contribution in [0.3, 0.4) is 0 Å². The highest BCUT2D eigenvalue weighted by molar-refractivity contribution is 5.65. The van der Waals surface area contributed by atoms with Crippen LogP contribution < -0.4 is 5.73 Å². The molecule has 0 fully saturated rings. The third-order valence-electron chi connectivity index (χ3n) is 3.73. The van der Waals surface area contributed by atoms with Gasteiger partial charge in [0.2, 0.25) is 0 Å². The molecule has 0 spiro atoms. The Kier molecular flexibility index (Phi) is 2.56. The number of aromatic nitrogens is 2. The van der Waals surface area contributed by atoms with Crippen LogP contribution >= 0.6 is 0 Å². The van der Waals surface area contributed by atoms with Gasteiger partial charge >= 0.3 is 0 Å². The van der Waals surface area contributed by atoms with Gasteiger partial charge in [0.25, 0.3) is 0 Å². The first-order valence-corrected chi connectivity index (χ1v) is 6.38. The van der Waals surface area contributed by atoms with Gasteiger partial charge in [-0.25, -0.2) is 4.98 Å². The number of hydrogen-bond donors (Lipinski definition) is 1. The summed E-state index contributed by atoms with van der Waals surface area (Å²) < 4.78 is 2.04. The molecule has 2 aromatic heterocycles. The lowest BCUT2D eigenvalue weighted by Gasteiger charge is -2.02. The molecule has 0 aliphatic heterocycles. The standard InChI is InChI=1S/C16H17N3/c1-10-4-5-13(8-11(10)2)15-9-19-12(3)14(17)6-7-16(19)18-15/h4-9H,17H2,1-3H3. The molecule has 19 heavy (non-hydrogen) atoms. The third kappa shape index (κ3) is 1.87. The lowest BCUT2D eigenvalue weighted by Crippen LogP contribution is -1.96. The number of fused-ring (bicyclic) bond motifs is 1. The van der Waals surface area contributed by atoms with Crippen LogP contribution in [0.15, 0.2) is 36.5 Å². The van der Waals surface area contributed by atoms with Gasteiger partial charge in [-0.15, -0.1) is 0 Å². The summed E-state index contributed by atoms with van der Waals surface area (Å²) in [5.41, 5.74) is 13.4. The third-order valence-corrected chi connectivity index (χ3v) is 3.73. The van der Waals surface area contributed by atoms with Crippen LogP contribution in [0.25, 0.3) is 16.9 Å². The van der Waals surface area contributed by atoms with Crippen molar-refractivity contribution in [3.8, 4) is 11.3 Å². The van der Waals surface area contributed by atoms with Gasteiger partial charge in [0, 0.05) is 17.5 Å². The maximum Gasteiger partial charge on any atom is 0.137 e. The van der Waals surface area contributed by atoms with Crippen LogP contribution in [-0.4, -0.2) is 9.38 Å². The van der Waals surface area contributed by atoms with Crippen molar-refractivity contribution in [2.24, 2.45) is 0 Å². The summed E-state index contributed by atoms with van der Waals surface area (Å²) in [5, 5.41) is 0. The van der Waals surface area contributed by atoms with E-state index >= 15 is 0 Å². The molecule has 2 N–H and O–H groups in total. The number of benzene rings is 1. The molecular formula is C16H17N3. The highest BCUT2D eigenvalue weighted by Gasteiger charge is 2.07. The first kappa shape index (κ1) is 11.8. The molecule has 0 amide bonds. The molecule has 1 aromatic carbocycles. The van der Waals surface area contributed by atoms with Crippen molar-refractivity contribution >= 4 is 11.3 Å². The molecule has 96 valence electrons. The van der Waals surface area contributed by atoms with E-state index in [1.165, 1.54) is 11.1 Å². The lowest BCUT2D eigenvalue weighted by molar-refractivity contribution is 1.10. The van der Waals surface area contributed by atoms with Crippen LogP contribution in [0.2, 0.25) is 0 Å². The molecule has 0 aliphatic carbocycles. The predicted molar refractivity (Wildman–Crippen MR) is 79.3 cm³/mol. The number of nitrogens with two attached hydrogens (primary N) is 1. The van der Waals surface area contributed by atoms with Gasteiger partial charge in [-0.05, 0) is 50.1 Å². The number of imidazole rings is 1. The second-order valence-corrected chi connectivity index (χ2v) is 5.03. The topological polar surface area (TPSA) is 43.3 Å². The van der Waals surface area contributed by atoms with E-state index in [0.717, 1.165) is 28.3 Å². The first-order valence-electron chi connectivity index (χ1n) is 6.38. The molecule has 0 atom stereocenters. The maximum absolute atomic E-state index is 5.93. The molecule has 3 nitrogen and oxygen atoms in total. The number of nitrogens with zero attached hydrogens (tertiary/aromatic N) is 2. The quantitative estimate of drug-likeness (QED) is 0.719. The minimum absolute atomic E-state index is 0.788. The van der Waals surface area contributed by atoms with Gasteiger partial charge in [0.15, 0.2) is 0 Å². The van der Waals surface area contributed by atoms with Crippen LogP contribution in [0.4, 0.5) is 5.69 Å². The highest BCUT2D eigenvalue weighted by Crippen LogP contribution is 2.23. The molecule has 2 heterocycles. The van der Waals surface area contributed by atoms with Crippen molar-refractivity contribution in [2.75, 3.05) is 5.73 Å². The van der Waals surface area contributed by atoms with E-state index in [2.05, 4.69) is 37.0 Å². The summed E-state index contributed by atoms with van der Waals surface area (Å²) in [7, 11) is 0. The number of pyridine rings is 1. The minimum atomic E-state index is 0.788. The van der Waals surface area contributed by atoms with E-state index in [4.69, 9.17) is 5.73 Å². The second-order valence-electron chi connectivity index (χ2n) is 5.03. The van der Waals surface area contributed by atoms with E-state index in [0.29, 0.717) is 0 Å². The number of nitrogen functional groups attached to an aromatic ring is 1. The van der Waals surface area contributed by atoms with Crippen molar-refractivity contribution in [2.45, 2.75) is 20.8 Å². The van der Waals surface area contributed by atoms with Crippen molar-refractivity contribution in [3.63, 3.8) is 0 Å². The Morgan fingerprint density at radius 1 is 1.00 bits per heavy atom. The van der Waals surface area contributed by atoms with Crippen LogP contribution in [0.5, 0.6) is 0 Å². The summed E-state index contributed by atoms with van der Waals surface area (Å²) in [5.74, 6) is 0. The Bertz CT molecular complexity index is 769. The Morgan fingerprint density at radius 2 is 1.79 bits per heavy atom. The van der Waals surface area contributed by atoms with Gasteiger partial charge in [0.05, 0.1) is 11.4 Å². The van der Waals surface area contributed by atoms with Gasteiger partial charge in [-0.2, -0.15) is 0 Å².